The van der Waals surface area contributed by atoms with Crippen molar-refractivity contribution in [3.05, 3.63) is 41.0 Å². The summed E-state index contributed by atoms with van der Waals surface area (Å²) in [4.78, 5) is 14.6. The Kier molecular flexibility index (Phi) is 7.71. The van der Waals surface area contributed by atoms with Gasteiger partial charge in [0.15, 0.2) is 0 Å². The lowest BCUT2D eigenvalue weighted by molar-refractivity contribution is 0.0946. The highest BCUT2D eigenvalue weighted by Crippen LogP contribution is 2.20. The second-order valence-corrected chi connectivity index (χ2v) is 6.31. The third-order valence-corrected chi connectivity index (χ3v) is 4.36. The number of aromatic amines is 1. The van der Waals surface area contributed by atoms with E-state index in [1.54, 1.807) is 18.2 Å². The van der Waals surface area contributed by atoms with Crippen LogP contribution >= 0.6 is 24.0 Å². The number of aromatic nitrogens is 2. The van der Waals surface area contributed by atoms with Crippen molar-refractivity contribution in [3.8, 4) is 11.3 Å². The van der Waals surface area contributed by atoms with E-state index in [0.717, 1.165) is 50.4 Å². The second-order valence-electron chi connectivity index (χ2n) is 5.87. The van der Waals surface area contributed by atoms with E-state index in [1.807, 2.05) is 12.1 Å². The summed E-state index contributed by atoms with van der Waals surface area (Å²) in [6.07, 6.45) is 0.948. The molecule has 0 spiro atoms. The van der Waals surface area contributed by atoms with E-state index in [2.05, 4.69) is 25.7 Å². The van der Waals surface area contributed by atoms with Crippen LogP contribution in [0.15, 0.2) is 30.3 Å². The van der Waals surface area contributed by atoms with Gasteiger partial charge >= 0.3 is 0 Å². The zero-order valence-corrected chi connectivity index (χ0v) is 15.5. The fraction of sp³-hybridized carbons (Fsp3) is 0.412. The number of amides is 1. The van der Waals surface area contributed by atoms with Gasteiger partial charge in [-0.2, -0.15) is 5.10 Å². The minimum absolute atomic E-state index is 0. The highest BCUT2D eigenvalue weighted by molar-refractivity contribution is 6.30. The third kappa shape index (κ3) is 5.71. The zero-order chi connectivity index (χ0) is 16.8. The molecule has 1 aliphatic heterocycles. The summed E-state index contributed by atoms with van der Waals surface area (Å²) in [7, 11) is 0. The Hall–Kier alpha value is -1.60. The van der Waals surface area contributed by atoms with Crippen LogP contribution in [0.4, 0.5) is 0 Å². The lowest BCUT2D eigenvalue weighted by atomic mass is 10.1. The zero-order valence-electron chi connectivity index (χ0n) is 13.9. The normalized spacial score (nSPS) is 14.8. The van der Waals surface area contributed by atoms with Crippen LogP contribution in [0.25, 0.3) is 11.3 Å². The van der Waals surface area contributed by atoms with E-state index in [0.29, 0.717) is 17.3 Å². The number of hydrogen-bond donors (Lipinski definition) is 3. The lowest BCUT2D eigenvalue weighted by Gasteiger charge is -2.26. The van der Waals surface area contributed by atoms with Crippen molar-refractivity contribution < 1.29 is 4.79 Å². The summed E-state index contributed by atoms with van der Waals surface area (Å²) < 4.78 is 0. The van der Waals surface area contributed by atoms with Gasteiger partial charge < -0.3 is 15.5 Å². The number of nitrogens with zero attached hydrogens (tertiary/aromatic N) is 2. The van der Waals surface area contributed by atoms with Crippen LogP contribution in [0.5, 0.6) is 0 Å². The topological polar surface area (TPSA) is 73.1 Å². The molecule has 1 amide bonds. The third-order valence-electron chi connectivity index (χ3n) is 4.11. The van der Waals surface area contributed by atoms with Crippen LogP contribution in [-0.2, 0) is 0 Å². The van der Waals surface area contributed by atoms with Crippen LogP contribution in [0.3, 0.4) is 0 Å². The van der Waals surface area contributed by atoms with Crippen LogP contribution in [0.1, 0.15) is 16.9 Å². The van der Waals surface area contributed by atoms with Gasteiger partial charge in [0.2, 0.25) is 0 Å². The van der Waals surface area contributed by atoms with Crippen LogP contribution in [0, 0.1) is 0 Å². The predicted octanol–water partition coefficient (Wildman–Crippen LogP) is 2.18. The maximum absolute atomic E-state index is 12.2. The number of H-pyrrole nitrogens is 1. The second kappa shape index (κ2) is 9.77. The van der Waals surface area contributed by atoms with Crippen molar-refractivity contribution in [1.82, 2.24) is 25.7 Å². The molecule has 6 nitrogen and oxygen atoms in total. The molecule has 0 saturated carbocycles. The monoisotopic (exact) mass is 383 g/mol. The van der Waals surface area contributed by atoms with E-state index in [-0.39, 0.29) is 18.3 Å². The molecule has 1 fully saturated rings. The number of piperazine rings is 1. The van der Waals surface area contributed by atoms with Crippen LogP contribution in [0.2, 0.25) is 5.02 Å². The number of benzene rings is 1. The molecule has 1 saturated heterocycles. The number of carbonyl (C=O) groups is 1. The number of carbonyl (C=O) groups excluding carboxylic acids is 1. The van der Waals surface area contributed by atoms with Gasteiger partial charge in [-0.25, -0.2) is 0 Å². The summed E-state index contributed by atoms with van der Waals surface area (Å²) in [5.41, 5.74) is 2.13. The van der Waals surface area contributed by atoms with Crippen molar-refractivity contribution in [2.75, 3.05) is 39.3 Å². The molecule has 2 aromatic rings. The smallest absolute Gasteiger partial charge is 0.269 e. The predicted molar refractivity (Wildman–Crippen MR) is 103 cm³/mol. The Morgan fingerprint density at radius 2 is 1.96 bits per heavy atom. The molecular formula is C17H23Cl2N5O. The highest BCUT2D eigenvalue weighted by Gasteiger charge is 2.12. The van der Waals surface area contributed by atoms with Gasteiger partial charge in [-0.3, -0.25) is 9.89 Å². The van der Waals surface area contributed by atoms with E-state index in [1.165, 1.54) is 0 Å². The van der Waals surface area contributed by atoms with E-state index >= 15 is 0 Å². The number of rotatable bonds is 6. The molecule has 1 aromatic carbocycles. The molecule has 0 bridgehead atoms. The molecule has 25 heavy (non-hydrogen) atoms. The molecule has 3 N–H and O–H groups in total. The van der Waals surface area contributed by atoms with Crippen molar-refractivity contribution in [1.29, 1.82) is 0 Å². The average Bonchev–Trinajstić information content (AvgIpc) is 3.10. The first-order valence-corrected chi connectivity index (χ1v) is 8.63. The molecule has 0 aliphatic carbocycles. The standard InChI is InChI=1S/C17H22ClN5O.ClH/c18-14-4-2-13(3-5-14)15-12-16(22-21-15)17(24)20-6-1-9-23-10-7-19-8-11-23;/h2-5,12,19H,1,6-11H2,(H,20,24)(H,21,22);1H. The van der Waals surface area contributed by atoms with Gasteiger partial charge in [-0.15, -0.1) is 12.4 Å². The van der Waals surface area contributed by atoms with Gasteiger partial charge in [0, 0.05) is 43.3 Å². The van der Waals surface area contributed by atoms with Crippen molar-refractivity contribution in [2.24, 2.45) is 0 Å². The molecule has 1 aromatic heterocycles. The van der Waals surface area contributed by atoms with Gasteiger partial charge in [-0.05, 0) is 31.2 Å². The molecule has 0 atom stereocenters. The Morgan fingerprint density at radius 1 is 1.24 bits per heavy atom. The SMILES string of the molecule is Cl.O=C(NCCCN1CCNCC1)c1cc(-c2ccc(Cl)cc2)n[nH]1. The molecular weight excluding hydrogens is 361 g/mol. The Labute approximate surface area is 158 Å². The van der Waals surface area contributed by atoms with Gasteiger partial charge in [0.1, 0.15) is 5.69 Å². The Balaban J connectivity index is 0.00000225. The Bertz CT molecular complexity index is 668. The van der Waals surface area contributed by atoms with E-state index in [9.17, 15) is 4.79 Å². The molecule has 3 rings (SSSR count). The summed E-state index contributed by atoms with van der Waals surface area (Å²) in [5.74, 6) is -0.122. The summed E-state index contributed by atoms with van der Waals surface area (Å²) >= 11 is 5.88. The van der Waals surface area contributed by atoms with Gasteiger partial charge in [0.25, 0.3) is 5.91 Å². The van der Waals surface area contributed by atoms with Crippen molar-refractivity contribution in [2.45, 2.75) is 6.42 Å². The summed E-state index contributed by atoms with van der Waals surface area (Å²) in [5, 5.41) is 13.9. The molecule has 136 valence electrons. The maximum atomic E-state index is 12.2. The maximum Gasteiger partial charge on any atom is 0.269 e. The molecule has 0 radical (unpaired) electrons. The van der Waals surface area contributed by atoms with Crippen LogP contribution < -0.4 is 10.6 Å². The molecule has 8 heteroatoms. The summed E-state index contributed by atoms with van der Waals surface area (Å²) in [6, 6.07) is 9.14. The largest absolute Gasteiger partial charge is 0.351 e. The fourth-order valence-electron chi connectivity index (χ4n) is 2.74. The average molecular weight is 384 g/mol. The highest BCUT2D eigenvalue weighted by atomic mass is 35.5. The fourth-order valence-corrected chi connectivity index (χ4v) is 2.87. The first-order valence-electron chi connectivity index (χ1n) is 8.25. The summed E-state index contributed by atoms with van der Waals surface area (Å²) in [6.45, 7) is 5.94. The molecule has 0 unspecified atom stereocenters. The van der Waals surface area contributed by atoms with Crippen molar-refractivity contribution in [3.63, 3.8) is 0 Å². The number of nitrogens with one attached hydrogen (secondary N) is 3. The first kappa shape index (κ1) is 19.7. The minimum atomic E-state index is -0.122. The lowest BCUT2D eigenvalue weighted by Crippen LogP contribution is -2.44. The number of halogens is 2. The van der Waals surface area contributed by atoms with E-state index in [4.69, 9.17) is 11.6 Å². The van der Waals surface area contributed by atoms with Crippen LogP contribution in [-0.4, -0.2) is 60.3 Å². The quantitative estimate of drug-likeness (QED) is 0.668. The molecule has 1 aliphatic rings. The van der Waals surface area contributed by atoms with Gasteiger partial charge in [0.05, 0.1) is 5.69 Å². The number of hydrogen-bond acceptors (Lipinski definition) is 4. The van der Waals surface area contributed by atoms with Crippen molar-refractivity contribution >= 4 is 29.9 Å². The minimum Gasteiger partial charge on any atom is -0.351 e. The first-order chi connectivity index (χ1) is 11.7. The van der Waals surface area contributed by atoms with Gasteiger partial charge in [-0.1, -0.05) is 23.7 Å². The van der Waals surface area contributed by atoms with E-state index < -0.39 is 0 Å². The Morgan fingerprint density at radius 3 is 2.68 bits per heavy atom. The molecule has 2 heterocycles.